The SMILES string of the molecule is COc1cc(=O)n(-c2ccccc2C)nc1C(=O)N1CCOCC1. The number of ether oxygens (including phenoxy) is 2. The molecule has 1 aromatic carbocycles. The summed E-state index contributed by atoms with van der Waals surface area (Å²) in [6.45, 7) is 3.86. The summed E-state index contributed by atoms with van der Waals surface area (Å²) in [6.07, 6.45) is 0. The zero-order valence-electron chi connectivity index (χ0n) is 13.7. The summed E-state index contributed by atoms with van der Waals surface area (Å²) in [6, 6.07) is 8.68. The predicted molar refractivity (Wildman–Crippen MR) is 87.8 cm³/mol. The van der Waals surface area contributed by atoms with Crippen LogP contribution in [0.4, 0.5) is 0 Å². The van der Waals surface area contributed by atoms with Crippen LogP contribution in [0.3, 0.4) is 0 Å². The quantitative estimate of drug-likeness (QED) is 0.841. The maximum Gasteiger partial charge on any atom is 0.278 e. The van der Waals surface area contributed by atoms with Crippen LogP contribution in [0.1, 0.15) is 16.1 Å². The number of hydrogen-bond acceptors (Lipinski definition) is 5. The molecule has 7 nitrogen and oxygen atoms in total. The lowest BCUT2D eigenvalue weighted by Gasteiger charge is -2.27. The highest BCUT2D eigenvalue weighted by Gasteiger charge is 2.25. The highest BCUT2D eigenvalue weighted by molar-refractivity contribution is 5.94. The molecule has 3 rings (SSSR count). The highest BCUT2D eigenvalue weighted by Crippen LogP contribution is 2.18. The number of aryl methyl sites for hydroxylation is 1. The van der Waals surface area contributed by atoms with E-state index in [4.69, 9.17) is 9.47 Å². The molecule has 1 fully saturated rings. The number of carbonyl (C=O) groups is 1. The number of amides is 1. The minimum atomic E-state index is -0.348. The fourth-order valence-corrected chi connectivity index (χ4v) is 2.63. The number of morpholine rings is 1. The van der Waals surface area contributed by atoms with Gasteiger partial charge in [-0.2, -0.15) is 9.78 Å². The van der Waals surface area contributed by atoms with E-state index in [1.807, 2.05) is 25.1 Å². The molecular formula is C17H19N3O4. The van der Waals surface area contributed by atoms with E-state index in [1.54, 1.807) is 11.0 Å². The summed E-state index contributed by atoms with van der Waals surface area (Å²) in [4.78, 5) is 26.8. The Bertz CT molecular complexity index is 810. The highest BCUT2D eigenvalue weighted by atomic mass is 16.5. The summed E-state index contributed by atoms with van der Waals surface area (Å²) in [5.41, 5.74) is 1.31. The molecule has 7 heteroatoms. The summed E-state index contributed by atoms with van der Waals surface area (Å²) in [5, 5.41) is 4.30. The van der Waals surface area contributed by atoms with Gasteiger partial charge in [-0.05, 0) is 18.6 Å². The van der Waals surface area contributed by atoms with E-state index in [9.17, 15) is 9.59 Å². The van der Waals surface area contributed by atoms with Crippen molar-refractivity contribution in [3.05, 3.63) is 51.9 Å². The Hall–Kier alpha value is -2.67. The molecule has 0 radical (unpaired) electrons. The zero-order valence-corrected chi connectivity index (χ0v) is 13.7. The summed E-state index contributed by atoms with van der Waals surface area (Å²) in [5.74, 6) is -0.0844. The Labute approximate surface area is 139 Å². The number of aromatic nitrogens is 2. The predicted octanol–water partition coefficient (Wildman–Crippen LogP) is 1.02. The molecule has 24 heavy (non-hydrogen) atoms. The molecule has 0 unspecified atom stereocenters. The zero-order chi connectivity index (χ0) is 17.1. The van der Waals surface area contributed by atoms with Crippen molar-refractivity contribution in [3.8, 4) is 11.4 Å². The fraction of sp³-hybridized carbons (Fsp3) is 0.353. The molecular weight excluding hydrogens is 310 g/mol. The van der Waals surface area contributed by atoms with Crippen molar-refractivity contribution in [2.75, 3.05) is 33.4 Å². The van der Waals surface area contributed by atoms with E-state index in [2.05, 4.69) is 5.10 Å². The van der Waals surface area contributed by atoms with Gasteiger partial charge < -0.3 is 14.4 Å². The van der Waals surface area contributed by atoms with Gasteiger partial charge in [-0.15, -0.1) is 0 Å². The molecule has 0 aliphatic carbocycles. The molecule has 2 heterocycles. The standard InChI is InChI=1S/C17H19N3O4/c1-12-5-3-4-6-13(12)20-15(21)11-14(23-2)16(18-20)17(22)19-7-9-24-10-8-19/h3-6,11H,7-10H2,1-2H3. The maximum absolute atomic E-state index is 12.8. The molecule has 1 saturated heterocycles. The smallest absolute Gasteiger partial charge is 0.278 e. The fourth-order valence-electron chi connectivity index (χ4n) is 2.63. The molecule has 1 aliphatic rings. The molecule has 1 aliphatic heterocycles. The number of para-hydroxylation sites is 1. The van der Waals surface area contributed by atoms with Gasteiger partial charge in [-0.3, -0.25) is 9.59 Å². The topological polar surface area (TPSA) is 73.7 Å². The van der Waals surface area contributed by atoms with E-state index < -0.39 is 0 Å². The first-order chi connectivity index (χ1) is 11.6. The Morgan fingerprint density at radius 3 is 2.62 bits per heavy atom. The van der Waals surface area contributed by atoms with Crippen molar-refractivity contribution in [3.63, 3.8) is 0 Å². The molecule has 1 amide bonds. The molecule has 0 spiro atoms. The van der Waals surface area contributed by atoms with Gasteiger partial charge in [0.15, 0.2) is 11.4 Å². The van der Waals surface area contributed by atoms with Crippen LogP contribution in [-0.2, 0) is 4.74 Å². The number of carbonyl (C=O) groups excluding carboxylic acids is 1. The largest absolute Gasteiger partial charge is 0.494 e. The van der Waals surface area contributed by atoms with E-state index in [1.165, 1.54) is 17.9 Å². The van der Waals surface area contributed by atoms with Crippen molar-refractivity contribution in [1.82, 2.24) is 14.7 Å². The third-order valence-corrected chi connectivity index (χ3v) is 3.96. The molecule has 2 aromatic rings. The van der Waals surface area contributed by atoms with Crippen LogP contribution in [0.2, 0.25) is 0 Å². The van der Waals surface area contributed by atoms with E-state index in [-0.39, 0.29) is 22.9 Å². The van der Waals surface area contributed by atoms with Crippen LogP contribution in [0.5, 0.6) is 5.75 Å². The Balaban J connectivity index is 2.08. The summed E-state index contributed by atoms with van der Waals surface area (Å²) < 4.78 is 11.7. The van der Waals surface area contributed by atoms with Crippen LogP contribution in [0, 0.1) is 6.92 Å². The first-order valence-corrected chi connectivity index (χ1v) is 7.73. The van der Waals surface area contributed by atoms with Crippen molar-refractivity contribution in [2.45, 2.75) is 6.92 Å². The van der Waals surface area contributed by atoms with Gasteiger partial charge in [0.1, 0.15) is 0 Å². The maximum atomic E-state index is 12.8. The van der Waals surface area contributed by atoms with E-state index in [0.717, 1.165) is 5.56 Å². The van der Waals surface area contributed by atoms with Crippen molar-refractivity contribution in [1.29, 1.82) is 0 Å². The molecule has 0 bridgehead atoms. The summed E-state index contributed by atoms with van der Waals surface area (Å²) >= 11 is 0. The molecule has 0 atom stereocenters. The minimum absolute atomic E-state index is 0.127. The Kier molecular flexibility index (Phi) is 4.61. The first-order valence-electron chi connectivity index (χ1n) is 7.73. The number of hydrogen-bond donors (Lipinski definition) is 0. The Morgan fingerprint density at radius 2 is 1.96 bits per heavy atom. The average Bonchev–Trinajstić information content (AvgIpc) is 2.62. The monoisotopic (exact) mass is 329 g/mol. The lowest BCUT2D eigenvalue weighted by Crippen LogP contribution is -2.42. The van der Waals surface area contributed by atoms with Gasteiger partial charge in [-0.1, -0.05) is 18.2 Å². The van der Waals surface area contributed by atoms with Crippen molar-refractivity contribution < 1.29 is 14.3 Å². The number of nitrogens with zero attached hydrogens (tertiary/aromatic N) is 3. The van der Waals surface area contributed by atoms with Crippen LogP contribution >= 0.6 is 0 Å². The lowest BCUT2D eigenvalue weighted by atomic mass is 10.2. The van der Waals surface area contributed by atoms with E-state index in [0.29, 0.717) is 32.0 Å². The lowest BCUT2D eigenvalue weighted by molar-refractivity contribution is 0.0295. The van der Waals surface area contributed by atoms with Crippen LogP contribution in [0.15, 0.2) is 35.1 Å². The van der Waals surface area contributed by atoms with Crippen LogP contribution < -0.4 is 10.3 Å². The number of rotatable bonds is 3. The van der Waals surface area contributed by atoms with Gasteiger partial charge in [0.25, 0.3) is 11.5 Å². The molecule has 0 saturated carbocycles. The van der Waals surface area contributed by atoms with Crippen LogP contribution in [-0.4, -0.2) is 54.0 Å². The van der Waals surface area contributed by atoms with Gasteiger partial charge in [-0.25, -0.2) is 0 Å². The normalized spacial score (nSPS) is 14.5. The second-order valence-corrected chi connectivity index (χ2v) is 5.50. The third-order valence-electron chi connectivity index (χ3n) is 3.96. The molecule has 0 N–H and O–H groups in total. The number of benzene rings is 1. The van der Waals surface area contributed by atoms with E-state index >= 15 is 0 Å². The van der Waals surface area contributed by atoms with Crippen molar-refractivity contribution in [2.24, 2.45) is 0 Å². The third kappa shape index (κ3) is 3.03. The van der Waals surface area contributed by atoms with Gasteiger partial charge in [0.2, 0.25) is 0 Å². The Morgan fingerprint density at radius 1 is 1.25 bits per heavy atom. The average molecular weight is 329 g/mol. The molecule has 126 valence electrons. The van der Waals surface area contributed by atoms with Crippen molar-refractivity contribution >= 4 is 5.91 Å². The second-order valence-electron chi connectivity index (χ2n) is 5.50. The first kappa shape index (κ1) is 16.2. The second kappa shape index (κ2) is 6.84. The number of methoxy groups -OCH3 is 1. The minimum Gasteiger partial charge on any atom is -0.494 e. The van der Waals surface area contributed by atoms with Crippen LogP contribution in [0.25, 0.3) is 5.69 Å². The van der Waals surface area contributed by atoms with Gasteiger partial charge in [0.05, 0.1) is 32.1 Å². The van der Waals surface area contributed by atoms with Gasteiger partial charge in [0, 0.05) is 13.1 Å². The molecule has 1 aromatic heterocycles. The van der Waals surface area contributed by atoms with Gasteiger partial charge >= 0.3 is 0 Å². The summed E-state index contributed by atoms with van der Waals surface area (Å²) in [7, 11) is 1.42.